The monoisotopic (exact) mass is 278 g/mol. The van der Waals surface area contributed by atoms with Gasteiger partial charge in [-0.05, 0) is 54.4 Å². The molecule has 0 aliphatic carbocycles. The van der Waals surface area contributed by atoms with E-state index in [1.54, 1.807) is 12.1 Å². The van der Waals surface area contributed by atoms with E-state index in [9.17, 15) is 4.39 Å². The molecule has 0 amide bonds. The molecule has 0 aliphatic rings. The lowest BCUT2D eigenvalue weighted by Crippen LogP contribution is -2.21. The Morgan fingerprint density at radius 3 is 2.47 bits per heavy atom. The minimum Gasteiger partial charge on any atom is -0.377 e. The maximum atomic E-state index is 12.9. The van der Waals surface area contributed by atoms with Gasteiger partial charge in [-0.25, -0.2) is 4.39 Å². The number of nitrogens with one attached hydrogen (secondary N) is 1. The number of rotatable bonds is 4. The van der Waals surface area contributed by atoms with E-state index in [4.69, 9.17) is 17.3 Å². The minimum atomic E-state index is -0.252. The van der Waals surface area contributed by atoms with Crippen LogP contribution in [0.5, 0.6) is 0 Å². The van der Waals surface area contributed by atoms with Crippen LogP contribution in [0.3, 0.4) is 0 Å². The summed E-state index contributed by atoms with van der Waals surface area (Å²) in [6.07, 6.45) is 0. The van der Waals surface area contributed by atoms with Crippen LogP contribution in [0.15, 0.2) is 42.5 Å². The Bertz CT molecular complexity index is 555. The predicted octanol–water partition coefficient (Wildman–Crippen LogP) is 3.90. The molecule has 0 saturated carbocycles. The van der Waals surface area contributed by atoms with Gasteiger partial charge in [0.15, 0.2) is 0 Å². The summed E-state index contributed by atoms with van der Waals surface area (Å²) in [6.45, 7) is 2.44. The van der Waals surface area contributed by atoms with Crippen LogP contribution >= 0.6 is 11.6 Å². The van der Waals surface area contributed by atoms with Crippen molar-refractivity contribution in [3.05, 3.63) is 64.4 Å². The standard InChI is InChI=1S/C15H16ClFN2/c1-10-8-11(16)2-7-14(10)15(9-18)19-13-5-3-12(17)4-6-13/h2-8,15,19H,9,18H2,1H3. The summed E-state index contributed by atoms with van der Waals surface area (Å²) in [5.41, 5.74) is 8.83. The highest BCUT2D eigenvalue weighted by Gasteiger charge is 2.12. The number of hydrogen-bond acceptors (Lipinski definition) is 2. The van der Waals surface area contributed by atoms with Gasteiger partial charge in [-0.1, -0.05) is 17.7 Å². The summed E-state index contributed by atoms with van der Waals surface area (Å²) in [4.78, 5) is 0. The molecule has 19 heavy (non-hydrogen) atoms. The molecule has 2 aromatic carbocycles. The SMILES string of the molecule is Cc1cc(Cl)ccc1C(CN)Nc1ccc(F)cc1. The molecule has 0 radical (unpaired) electrons. The zero-order chi connectivity index (χ0) is 13.8. The highest BCUT2D eigenvalue weighted by Crippen LogP contribution is 2.24. The summed E-state index contributed by atoms with van der Waals surface area (Å²) < 4.78 is 12.9. The highest BCUT2D eigenvalue weighted by molar-refractivity contribution is 6.30. The van der Waals surface area contributed by atoms with Crippen LogP contribution in [0.1, 0.15) is 17.2 Å². The molecule has 0 spiro atoms. The number of benzene rings is 2. The molecule has 0 heterocycles. The van der Waals surface area contributed by atoms with Crippen molar-refractivity contribution in [3.8, 4) is 0 Å². The van der Waals surface area contributed by atoms with Crippen molar-refractivity contribution in [2.75, 3.05) is 11.9 Å². The van der Waals surface area contributed by atoms with Crippen molar-refractivity contribution in [2.45, 2.75) is 13.0 Å². The van der Waals surface area contributed by atoms with Gasteiger partial charge in [0, 0.05) is 17.3 Å². The number of halogens is 2. The molecule has 0 bridgehead atoms. The number of aryl methyl sites for hydroxylation is 1. The van der Waals surface area contributed by atoms with E-state index < -0.39 is 0 Å². The summed E-state index contributed by atoms with van der Waals surface area (Å²) in [5.74, 6) is -0.252. The summed E-state index contributed by atoms with van der Waals surface area (Å²) in [7, 11) is 0. The van der Waals surface area contributed by atoms with Gasteiger partial charge >= 0.3 is 0 Å². The van der Waals surface area contributed by atoms with Gasteiger partial charge in [0.25, 0.3) is 0 Å². The number of hydrogen-bond donors (Lipinski definition) is 2. The van der Waals surface area contributed by atoms with E-state index in [2.05, 4.69) is 5.32 Å². The highest BCUT2D eigenvalue weighted by atomic mass is 35.5. The normalized spacial score (nSPS) is 12.2. The number of nitrogens with two attached hydrogens (primary N) is 1. The molecule has 3 N–H and O–H groups in total. The lowest BCUT2D eigenvalue weighted by molar-refractivity contribution is 0.628. The molecule has 2 rings (SSSR count). The molecule has 1 atom stereocenters. The molecule has 2 nitrogen and oxygen atoms in total. The lowest BCUT2D eigenvalue weighted by atomic mass is 10.0. The molecular weight excluding hydrogens is 263 g/mol. The van der Waals surface area contributed by atoms with E-state index in [0.29, 0.717) is 11.6 Å². The van der Waals surface area contributed by atoms with Crippen molar-refractivity contribution in [3.63, 3.8) is 0 Å². The smallest absolute Gasteiger partial charge is 0.123 e. The van der Waals surface area contributed by atoms with E-state index in [-0.39, 0.29) is 11.9 Å². The van der Waals surface area contributed by atoms with Crippen molar-refractivity contribution >= 4 is 17.3 Å². The first-order chi connectivity index (χ1) is 9.10. The fraction of sp³-hybridized carbons (Fsp3) is 0.200. The van der Waals surface area contributed by atoms with Crippen LogP contribution in [0.25, 0.3) is 0 Å². The summed E-state index contributed by atoms with van der Waals surface area (Å²) in [6, 6.07) is 11.9. The topological polar surface area (TPSA) is 38.0 Å². The van der Waals surface area contributed by atoms with Crippen LogP contribution in [0, 0.1) is 12.7 Å². The first-order valence-corrected chi connectivity index (χ1v) is 6.46. The summed E-state index contributed by atoms with van der Waals surface area (Å²) in [5, 5.41) is 4.00. The van der Waals surface area contributed by atoms with E-state index >= 15 is 0 Å². The zero-order valence-electron chi connectivity index (χ0n) is 10.7. The van der Waals surface area contributed by atoms with Crippen molar-refractivity contribution in [2.24, 2.45) is 5.73 Å². The maximum absolute atomic E-state index is 12.9. The van der Waals surface area contributed by atoms with Gasteiger partial charge in [-0.2, -0.15) is 0 Å². The molecule has 0 saturated heterocycles. The van der Waals surface area contributed by atoms with E-state index in [0.717, 1.165) is 16.8 Å². The second-order valence-corrected chi connectivity index (χ2v) is 4.88. The molecule has 1 unspecified atom stereocenters. The Kier molecular flexibility index (Phi) is 4.40. The van der Waals surface area contributed by atoms with Crippen molar-refractivity contribution in [1.82, 2.24) is 0 Å². The Hall–Kier alpha value is -1.58. The second-order valence-electron chi connectivity index (χ2n) is 4.44. The third-order valence-electron chi connectivity index (χ3n) is 3.03. The maximum Gasteiger partial charge on any atom is 0.123 e. The molecule has 2 aromatic rings. The Balaban J connectivity index is 2.22. The van der Waals surface area contributed by atoms with Gasteiger partial charge in [0.1, 0.15) is 5.82 Å². The molecule has 0 fully saturated rings. The van der Waals surface area contributed by atoms with E-state index in [1.807, 2.05) is 25.1 Å². The summed E-state index contributed by atoms with van der Waals surface area (Å²) >= 11 is 5.95. The zero-order valence-corrected chi connectivity index (χ0v) is 11.4. The Morgan fingerprint density at radius 1 is 1.21 bits per heavy atom. The minimum absolute atomic E-state index is 0.0253. The van der Waals surface area contributed by atoms with Gasteiger partial charge in [0.05, 0.1) is 6.04 Å². The number of anilines is 1. The first kappa shape index (κ1) is 13.8. The van der Waals surface area contributed by atoms with Crippen LogP contribution in [0.4, 0.5) is 10.1 Å². The fourth-order valence-electron chi connectivity index (χ4n) is 2.04. The van der Waals surface area contributed by atoms with Crippen LogP contribution in [0.2, 0.25) is 5.02 Å². The molecule has 0 aliphatic heterocycles. The molecule has 0 aromatic heterocycles. The first-order valence-electron chi connectivity index (χ1n) is 6.08. The molecular formula is C15H16ClFN2. The van der Waals surface area contributed by atoms with Gasteiger partial charge in [-0.15, -0.1) is 0 Å². The largest absolute Gasteiger partial charge is 0.377 e. The van der Waals surface area contributed by atoms with Gasteiger partial charge in [-0.3, -0.25) is 0 Å². The van der Waals surface area contributed by atoms with E-state index in [1.165, 1.54) is 12.1 Å². The average Bonchev–Trinajstić information content (AvgIpc) is 2.39. The van der Waals surface area contributed by atoms with Gasteiger partial charge < -0.3 is 11.1 Å². The third-order valence-corrected chi connectivity index (χ3v) is 3.26. The second kappa shape index (κ2) is 6.04. The molecule has 4 heteroatoms. The predicted molar refractivity (Wildman–Crippen MR) is 78.0 cm³/mol. The van der Waals surface area contributed by atoms with Crippen LogP contribution < -0.4 is 11.1 Å². The fourth-order valence-corrected chi connectivity index (χ4v) is 2.27. The average molecular weight is 279 g/mol. The lowest BCUT2D eigenvalue weighted by Gasteiger charge is -2.20. The third kappa shape index (κ3) is 3.46. The Labute approximate surface area is 117 Å². The quantitative estimate of drug-likeness (QED) is 0.890. The van der Waals surface area contributed by atoms with Crippen molar-refractivity contribution < 1.29 is 4.39 Å². The molecule has 100 valence electrons. The van der Waals surface area contributed by atoms with Crippen LogP contribution in [-0.2, 0) is 0 Å². The van der Waals surface area contributed by atoms with Crippen LogP contribution in [-0.4, -0.2) is 6.54 Å². The van der Waals surface area contributed by atoms with Gasteiger partial charge in [0.2, 0.25) is 0 Å². The van der Waals surface area contributed by atoms with Crippen molar-refractivity contribution in [1.29, 1.82) is 0 Å². The Morgan fingerprint density at radius 2 is 1.89 bits per heavy atom.